The number of hydrogen-bond donors (Lipinski definition) is 5. The summed E-state index contributed by atoms with van der Waals surface area (Å²) in [4.78, 5) is 19.6. The highest BCUT2D eigenvalue weighted by atomic mass is 32.1. The fourth-order valence-corrected chi connectivity index (χ4v) is 0.275. The third-order valence-electron chi connectivity index (χ3n) is 0.712. The van der Waals surface area contributed by atoms with Crippen LogP contribution in [0, 0.1) is 0 Å². The average molecular weight is 182 g/mol. The summed E-state index contributed by atoms with van der Waals surface area (Å²) < 4.78 is 0. The van der Waals surface area contributed by atoms with E-state index in [1.165, 1.54) is 0 Å². The minimum atomic E-state index is -1.29. The highest BCUT2D eigenvalue weighted by Gasteiger charge is 2.14. The molecule has 66 valence electrons. The first-order valence-corrected chi connectivity index (χ1v) is 3.01. The predicted octanol–water partition coefficient (Wildman–Crippen LogP) is -1.34. The molecule has 0 rings (SSSR count). The summed E-state index contributed by atoms with van der Waals surface area (Å²) in [7, 11) is 0. The van der Waals surface area contributed by atoms with E-state index in [-0.39, 0.29) is 0 Å². The number of aliphatic carboxylic acids is 2. The Hall–Kier alpha value is -0.790. The van der Waals surface area contributed by atoms with Crippen LogP contribution in [0.4, 0.5) is 0 Å². The number of nitrogens with two attached hydrogens (primary N) is 2. The van der Waals surface area contributed by atoms with Crippen LogP contribution in [-0.4, -0.2) is 28.2 Å². The molecule has 0 aromatic heterocycles. The van der Waals surface area contributed by atoms with Crippen molar-refractivity contribution in [3.63, 3.8) is 0 Å². The Morgan fingerprint density at radius 3 is 1.82 bits per heavy atom. The SMILES string of the molecule is NS.N[C@@H](CC(=O)O)C(=O)O. The van der Waals surface area contributed by atoms with Crippen LogP contribution in [-0.2, 0) is 9.59 Å². The Morgan fingerprint density at radius 1 is 1.36 bits per heavy atom. The summed E-state index contributed by atoms with van der Waals surface area (Å²) in [6.07, 6.45) is -0.532. The number of carbonyl (C=O) groups is 2. The van der Waals surface area contributed by atoms with E-state index in [2.05, 4.69) is 18.0 Å². The van der Waals surface area contributed by atoms with Gasteiger partial charge in [-0.3, -0.25) is 14.7 Å². The van der Waals surface area contributed by atoms with Gasteiger partial charge in [0.1, 0.15) is 6.04 Å². The fraction of sp³-hybridized carbons (Fsp3) is 0.500. The van der Waals surface area contributed by atoms with E-state index < -0.39 is 24.4 Å². The van der Waals surface area contributed by atoms with Crippen molar-refractivity contribution in [3.05, 3.63) is 0 Å². The quantitative estimate of drug-likeness (QED) is 0.344. The monoisotopic (exact) mass is 182 g/mol. The van der Waals surface area contributed by atoms with Crippen molar-refractivity contribution >= 4 is 24.8 Å². The van der Waals surface area contributed by atoms with Crippen molar-refractivity contribution in [2.75, 3.05) is 0 Å². The maximum atomic E-state index is 9.85. The van der Waals surface area contributed by atoms with Crippen LogP contribution >= 0.6 is 12.8 Å². The van der Waals surface area contributed by atoms with Gasteiger partial charge >= 0.3 is 11.9 Å². The van der Waals surface area contributed by atoms with Crippen molar-refractivity contribution in [2.45, 2.75) is 12.5 Å². The first-order chi connectivity index (χ1) is 5.04. The topological polar surface area (TPSA) is 127 Å². The van der Waals surface area contributed by atoms with E-state index in [1.807, 2.05) is 0 Å². The van der Waals surface area contributed by atoms with Crippen molar-refractivity contribution in [1.82, 2.24) is 0 Å². The van der Waals surface area contributed by atoms with Crippen LogP contribution in [0.3, 0.4) is 0 Å². The van der Waals surface area contributed by atoms with Crippen LogP contribution < -0.4 is 10.9 Å². The van der Waals surface area contributed by atoms with E-state index in [4.69, 9.17) is 15.9 Å². The number of hydrogen-bond acceptors (Lipinski definition) is 5. The van der Waals surface area contributed by atoms with Gasteiger partial charge in [0.15, 0.2) is 0 Å². The summed E-state index contributed by atoms with van der Waals surface area (Å²) in [6.45, 7) is 0. The molecule has 0 aromatic carbocycles. The standard InChI is InChI=1S/C4H7NO4.H3NS/c5-2(4(8)9)1-3(6)7;1-2/h2H,1,5H2,(H,6,7)(H,8,9);2H,1H2/t2-;/m0./s1. The molecule has 0 fully saturated rings. The molecular formula is C4H10N2O4S. The summed E-state index contributed by atoms with van der Waals surface area (Å²) in [6, 6.07) is -1.29. The zero-order valence-corrected chi connectivity index (χ0v) is 6.49. The second-order valence-electron chi connectivity index (χ2n) is 1.54. The minimum Gasteiger partial charge on any atom is -0.481 e. The summed E-state index contributed by atoms with van der Waals surface area (Å²) in [5.74, 6) is -2.50. The van der Waals surface area contributed by atoms with Gasteiger partial charge < -0.3 is 15.9 Å². The van der Waals surface area contributed by atoms with Crippen LogP contribution in [0.2, 0.25) is 0 Å². The molecule has 0 bridgehead atoms. The lowest BCUT2D eigenvalue weighted by atomic mass is 10.2. The summed E-state index contributed by atoms with van der Waals surface area (Å²) in [5.41, 5.74) is 4.84. The second kappa shape index (κ2) is 7.32. The molecular weight excluding hydrogens is 172 g/mol. The first kappa shape index (κ1) is 12.8. The molecule has 0 aliphatic heterocycles. The molecule has 11 heavy (non-hydrogen) atoms. The summed E-state index contributed by atoms with van der Waals surface area (Å²) in [5, 5.41) is 20.2. The number of thiol groups is 1. The Balaban J connectivity index is 0. The Kier molecular flexibility index (Phi) is 8.55. The molecule has 0 saturated carbocycles. The van der Waals surface area contributed by atoms with Crippen molar-refractivity contribution < 1.29 is 19.8 Å². The lowest BCUT2D eigenvalue weighted by Gasteiger charge is -1.99. The van der Waals surface area contributed by atoms with Gasteiger partial charge in [-0.15, -0.1) is 12.8 Å². The molecule has 0 aliphatic carbocycles. The maximum Gasteiger partial charge on any atom is 0.321 e. The second-order valence-corrected chi connectivity index (χ2v) is 1.54. The van der Waals surface area contributed by atoms with E-state index in [0.717, 1.165) is 0 Å². The molecule has 0 radical (unpaired) electrons. The smallest absolute Gasteiger partial charge is 0.321 e. The van der Waals surface area contributed by atoms with Crippen LogP contribution in [0.5, 0.6) is 0 Å². The van der Waals surface area contributed by atoms with Crippen LogP contribution in [0.25, 0.3) is 0 Å². The van der Waals surface area contributed by atoms with E-state index in [1.54, 1.807) is 0 Å². The molecule has 0 aliphatic rings. The normalized spacial score (nSPS) is 10.8. The highest BCUT2D eigenvalue weighted by molar-refractivity contribution is 7.77. The van der Waals surface area contributed by atoms with Gasteiger partial charge in [-0.2, -0.15) is 0 Å². The number of carboxylic acids is 2. The number of rotatable bonds is 3. The zero-order valence-electron chi connectivity index (χ0n) is 5.60. The number of carboxylic acid groups (broad SMARTS) is 2. The van der Waals surface area contributed by atoms with Crippen molar-refractivity contribution in [2.24, 2.45) is 10.9 Å². The highest BCUT2D eigenvalue weighted by Crippen LogP contribution is 1.86. The maximum absolute atomic E-state index is 9.85. The molecule has 0 saturated heterocycles. The predicted molar refractivity (Wildman–Crippen MR) is 41.0 cm³/mol. The van der Waals surface area contributed by atoms with Gasteiger partial charge in [-0.25, -0.2) is 0 Å². The van der Waals surface area contributed by atoms with E-state index >= 15 is 0 Å². The van der Waals surface area contributed by atoms with Crippen LogP contribution in [0.1, 0.15) is 6.42 Å². The zero-order chi connectivity index (χ0) is 9.44. The fourth-order valence-electron chi connectivity index (χ4n) is 0.275. The Labute approximate surface area is 68.7 Å². The molecule has 6 N–H and O–H groups in total. The van der Waals surface area contributed by atoms with Gasteiger partial charge in [0, 0.05) is 0 Å². The van der Waals surface area contributed by atoms with Gasteiger partial charge in [0.05, 0.1) is 6.42 Å². The molecule has 0 spiro atoms. The van der Waals surface area contributed by atoms with Gasteiger partial charge in [0.25, 0.3) is 0 Å². The first-order valence-electron chi connectivity index (χ1n) is 2.50. The van der Waals surface area contributed by atoms with Crippen LogP contribution in [0.15, 0.2) is 0 Å². The molecule has 7 heteroatoms. The summed E-state index contributed by atoms with van der Waals surface area (Å²) >= 11 is 3.03. The largest absolute Gasteiger partial charge is 0.481 e. The molecule has 0 unspecified atom stereocenters. The van der Waals surface area contributed by atoms with Gasteiger partial charge in [0.2, 0.25) is 0 Å². The average Bonchev–Trinajstić information content (AvgIpc) is 1.90. The van der Waals surface area contributed by atoms with Gasteiger partial charge in [-0.05, 0) is 0 Å². The molecule has 0 aromatic rings. The van der Waals surface area contributed by atoms with Crippen molar-refractivity contribution in [1.29, 1.82) is 0 Å². The lowest BCUT2D eigenvalue weighted by molar-refractivity contribution is -0.144. The third-order valence-corrected chi connectivity index (χ3v) is 0.712. The molecule has 0 amide bonds. The molecule has 6 nitrogen and oxygen atoms in total. The lowest BCUT2D eigenvalue weighted by Crippen LogP contribution is -2.32. The molecule has 0 heterocycles. The molecule has 1 atom stereocenters. The minimum absolute atomic E-state index is 0.532. The van der Waals surface area contributed by atoms with Gasteiger partial charge in [-0.1, -0.05) is 0 Å². The van der Waals surface area contributed by atoms with E-state index in [9.17, 15) is 9.59 Å². The van der Waals surface area contributed by atoms with E-state index in [0.29, 0.717) is 0 Å². The Morgan fingerprint density at radius 2 is 1.73 bits per heavy atom. The van der Waals surface area contributed by atoms with Crippen molar-refractivity contribution in [3.8, 4) is 0 Å². The third kappa shape index (κ3) is 9.21. The Bertz CT molecular complexity index is 140.